The summed E-state index contributed by atoms with van der Waals surface area (Å²) < 4.78 is 8.69. The predicted octanol–water partition coefficient (Wildman–Crippen LogP) is 5.35. The smallest absolute Gasteiger partial charge is 0.267 e. The van der Waals surface area contributed by atoms with E-state index in [0.717, 1.165) is 28.0 Å². The van der Waals surface area contributed by atoms with Gasteiger partial charge < -0.3 is 14.6 Å². The number of aromatic nitrogens is 1. The van der Waals surface area contributed by atoms with E-state index in [1.165, 1.54) is 16.0 Å². The summed E-state index contributed by atoms with van der Waals surface area (Å²) in [4.78, 5) is 14.3. The lowest BCUT2D eigenvalue weighted by atomic mass is 10.1. The van der Waals surface area contributed by atoms with Crippen LogP contribution < -0.4 is 10.1 Å². The zero-order chi connectivity index (χ0) is 21.1. The number of rotatable bonds is 7. The highest BCUT2D eigenvalue weighted by Crippen LogP contribution is 2.29. The van der Waals surface area contributed by atoms with Crippen LogP contribution in [-0.4, -0.2) is 24.1 Å². The van der Waals surface area contributed by atoms with Crippen LogP contribution in [0.3, 0.4) is 0 Å². The number of nitrogens with one attached hydrogen (secondary N) is 1. The molecular formula is C25H26N2O2S. The molecule has 0 fully saturated rings. The van der Waals surface area contributed by atoms with E-state index in [4.69, 9.17) is 4.74 Å². The number of nitrogens with zero attached hydrogens (tertiary/aromatic N) is 1. The maximum atomic E-state index is 13.1. The molecule has 2 heterocycles. The summed E-state index contributed by atoms with van der Waals surface area (Å²) in [5.74, 6) is 0.809. The van der Waals surface area contributed by atoms with Crippen molar-refractivity contribution in [3.63, 3.8) is 0 Å². The Morgan fingerprint density at radius 2 is 1.90 bits per heavy atom. The maximum Gasteiger partial charge on any atom is 0.267 e. The normalized spacial score (nSPS) is 11.0. The van der Waals surface area contributed by atoms with Crippen LogP contribution >= 0.6 is 11.3 Å². The van der Waals surface area contributed by atoms with Gasteiger partial charge in [0.1, 0.15) is 11.4 Å². The summed E-state index contributed by atoms with van der Waals surface area (Å²) in [6.45, 7) is 5.43. The number of hydrogen-bond acceptors (Lipinski definition) is 3. The molecular weight excluding hydrogens is 392 g/mol. The van der Waals surface area contributed by atoms with E-state index in [1.807, 2.05) is 30.3 Å². The zero-order valence-corrected chi connectivity index (χ0v) is 18.4. The summed E-state index contributed by atoms with van der Waals surface area (Å²) in [5, 5.41) is 3.09. The van der Waals surface area contributed by atoms with Gasteiger partial charge in [-0.25, -0.2) is 0 Å². The van der Waals surface area contributed by atoms with Crippen LogP contribution in [0.1, 0.15) is 32.1 Å². The Kier molecular flexibility index (Phi) is 5.91. The Hall–Kier alpha value is -3.05. The minimum Gasteiger partial charge on any atom is -0.496 e. The van der Waals surface area contributed by atoms with Gasteiger partial charge in [-0.3, -0.25) is 4.79 Å². The number of methoxy groups -OCH3 is 1. The van der Waals surface area contributed by atoms with Gasteiger partial charge in [-0.15, -0.1) is 11.3 Å². The first-order chi connectivity index (χ1) is 14.5. The minimum atomic E-state index is -0.0430. The number of carbonyl (C=O) groups is 1. The van der Waals surface area contributed by atoms with Crippen LogP contribution in [0.5, 0.6) is 5.75 Å². The van der Waals surface area contributed by atoms with Crippen molar-refractivity contribution in [3.8, 4) is 5.75 Å². The third-order valence-corrected chi connectivity index (χ3v) is 6.23. The monoisotopic (exact) mass is 418 g/mol. The second kappa shape index (κ2) is 8.76. The van der Waals surface area contributed by atoms with Gasteiger partial charge in [0.05, 0.1) is 17.3 Å². The van der Waals surface area contributed by atoms with Crippen LogP contribution in [0, 0.1) is 13.8 Å². The molecule has 1 amide bonds. The Morgan fingerprint density at radius 3 is 2.70 bits per heavy atom. The maximum absolute atomic E-state index is 13.1. The molecule has 0 unspecified atom stereocenters. The fourth-order valence-electron chi connectivity index (χ4n) is 3.83. The average Bonchev–Trinajstić information content (AvgIpc) is 3.25. The van der Waals surface area contributed by atoms with Crippen molar-refractivity contribution < 1.29 is 9.53 Å². The molecule has 0 saturated carbocycles. The molecule has 4 aromatic rings. The van der Waals surface area contributed by atoms with E-state index >= 15 is 0 Å². The van der Waals surface area contributed by atoms with Crippen molar-refractivity contribution >= 4 is 27.5 Å². The molecule has 0 aliphatic rings. The molecule has 30 heavy (non-hydrogen) atoms. The number of aryl methyl sites for hydroxylation is 2. The van der Waals surface area contributed by atoms with Crippen molar-refractivity contribution in [2.24, 2.45) is 0 Å². The molecule has 0 saturated heterocycles. The van der Waals surface area contributed by atoms with Gasteiger partial charge in [0.2, 0.25) is 0 Å². The molecule has 0 bridgehead atoms. The van der Waals surface area contributed by atoms with Crippen LogP contribution in [0.2, 0.25) is 0 Å². The lowest BCUT2D eigenvalue weighted by Crippen LogP contribution is -2.28. The highest BCUT2D eigenvalue weighted by atomic mass is 32.1. The third kappa shape index (κ3) is 4.26. The van der Waals surface area contributed by atoms with Crippen molar-refractivity contribution in [2.75, 3.05) is 13.7 Å². The predicted molar refractivity (Wildman–Crippen MR) is 124 cm³/mol. The van der Waals surface area contributed by atoms with Crippen LogP contribution in [0.15, 0.2) is 60.7 Å². The van der Waals surface area contributed by atoms with Gasteiger partial charge in [-0.2, -0.15) is 0 Å². The first-order valence-corrected chi connectivity index (χ1v) is 10.9. The SMILES string of the molecule is COc1ccccc1CCNC(=O)c1cc2sc(C)cc2n1Cc1cccc(C)c1. The molecule has 5 heteroatoms. The van der Waals surface area contributed by atoms with E-state index in [0.29, 0.717) is 18.8 Å². The molecule has 0 aliphatic heterocycles. The van der Waals surface area contributed by atoms with E-state index in [-0.39, 0.29) is 5.91 Å². The molecule has 154 valence electrons. The largest absolute Gasteiger partial charge is 0.496 e. The third-order valence-electron chi connectivity index (χ3n) is 5.24. The van der Waals surface area contributed by atoms with Crippen LogP contribution in [-0.2, 0) is 13.0 Å². The van der Waals surface area contributed by atoms with E-state index in [2.05, 4.69) is 54.1 Å². The van der Waals surface area contributed by atoms with Gasteiger partial charge in [-0.05, 0) is 49.6 Å². The number of fused-ring (bicyclic) bond motifs is 1. The second-order valence-electron chi connectivity index (χ2n) is 7.53. The van der Waals surface area contributed by atoms with Crippen LogP contribution in [0.4, 0.5) is 0 Å². The molecule has 2 aromatic carbocycles. The Labute approximate surface area is 181 Å². The summed E-state index contributed by atoms with van der Waals surface area (Å²) in [6, 6.07) is 20.5. The number of hydrogen-bond donors (Lipinski definition) is 1. The summed E-state index contributed by atoms with van der Waals surface area (Å²) in [5.41, 5.74) is 5.33. The van der Waals surface area contributed by atoms with Crippen molar-refractivity contribution in [2.45, 2.75) is 26.8 Å². The van der Waals surface area contributed by atoms with E-state index in [1.54, 1.807) is 18.4 Å². The molecule has 2 aromatic heterocycles. The number of para-hydroxylation sites is 1. The molecule has 4 rings (SSSR count). The number of thiophene rings is 1. The van der Waals surface area contributed by atoms with Gasteiger partial charge in [0.15, 0.2) is 0 Å². The van der Waals surface area contributed by atoms with Crippen molar-refractivity contribution in [1.82, 2.24) is 9.88 Å². The van der Waals surface area contributed by atoms with E-state index in [9.17, 15) is 4.79 Å². The molecule has 0 aliphatic carbocycles. The van der Waals surface area contributed by atoms with Gasteiger partial charge >= 0.3 is 0 Å². The van der Waals surface area contributed by atoms with Crippen molar-refractivity contribution in [1.29, 1.82) is 0 Å². The first kappa shape index (κ1) is 20.2. The molecule has 0 spiro atoms. The number of amides is 1. The molecule has 0 atom stereocenters. The van der Waals surface area contributed by atoms with Crippen LogP contribution in [0.25, 0.3) is 10.2 Å². The van der Waals surface area contributed by atoms with Crippen molar-refractivity contribution in [3.05, 3.63) is 87.9 Å². The average molecular weight is 419 g/mol. The lowest BCUT2D eigenvalue weighted by Gasteiger charge is -2.12. The first-order valence-electron chi connectivity index (χ1n) is 10.1. The number of ether oxygens (including phenoxy) is 1. The Balaban J connectivity index is 1.55. The minimum absolute atomic E-state index is 0.0430. The summed E-state index contributed by atoms with van der Waals surface area (Å²) in [7, 11) is 1.67. The van der Waals surface area contributed by atoms with E-state index < -0.39 is 0 Å². The van der Waals surface area contributed by atoms with Gasteiger partial charge in [-0.1, -0.05) is 48.0 Å². The van der Waals surface area contributed by atoms with Gasteiger partial charge in [0.25, 0.3) is 5.91 Å². The standard InChI is InChI=1S/C25H26N2O2S/c1-17-7-6-8-19(13-17)16-27-21-14-18(2)30-24(21)15-22(27)25(28)26-12-11-20-9-4-5-10-23(20)29-3/h4-10,13-15H,11-12,16H2,1-3H3,(H,26,28). The lowest BCUT2D eigenvalue weighted by molar-refractivity contribution is 0.0945. The molecule has 4 nitrogen and oxygen atoms in total. The fraction of sp³-hybridized carbons (Fsp3) is 0.240. The number of carbonyl (C=O) groups excluding carboxylic acids is 1. The summed E-state index contributed by atoms with van der Waals surface area (Å²) in [6.07, 6.45) is 0.724. The Morgan fingerprint density at radius 1 is 1.07 bits per heavy atom. The molecule has 0 radical (unpaired) electrons. The zero-order valence-electron chi connectivity index (χ0n) is 17.6. The second-order valence-corrected chi connectivity index (χ2v) is 8.82. The van der Waals surface area contributed by atoms with Gasteiger partial charge in [0, 0.05) is 18.0 Å². The highest BCUT2D eigenvalue weighted by molar-refractivity contribution is 7.19. The highest BCUT2D eigenvalue weighted by Gasteiger charge is 2.17. The summed E-state index contributed by atoms with van der Waals surface area (Å²) >= 11 is 1.73. The number of benzene rings is 2. The quantitative estimate of drug-likeness (QED) is 0.440. The Bertz CT molecular complexity index is 1190. The fourth-order valence-corrected chi connectivity index (χ4v) is 4.79. The molecule has 1 N–H and O–H groups in total. The topological polar surface area (TPSA) is 43.3 Å².